The van der Waals surface area contributed by atoms with E-state index in [9.17, 15) is 18.0 Å². The van der Waals surface area contributed by atoms with E-state index in [1.807, 2.05) is 0 Å². The Morgan fingerprint density at radius 2 is 1.90 bits per heavy atom. The molecule has 0 fully saturated rings. The predicted octanol–water partition coefficient (Wildman–Crippen LogP) is 0.867. The fraction of sp³-hybridized carbons (Fsp3) is 0.429. The lowest BCUT2D eigenvalue weighted by molar-refractivity contribution is -0.122. The molecule has 1 amide bonds. The molecule has 7 heteroatoms. The van der Waals surface area contributed by atoms with Crippen LogP contribution in [0.5, 0.6) is 0 Å². The second-order valence-electron chi connectivity index (χ2n) is 5.29. The van der Waals surface area contributed by atoms with E-state index in [0.717, 1.165) is 11.8 Å². The minimum absolute atomic E-state index is 0.176. The number of sulfone groups is 1. The number of carbonyl (C=O) groups excluding carboxylic acids is 1. The van der Waals surface area contributed by atoms with E-state index in [-0.39, 0.29) is 12.1 Å². The fourth-order valence-electron chi connectivity index (χ4n) is 1.56. The van der Waals surface area contributed by atoms with Crippen molar-refractivity contribution in [3.63, 3.8) is 0 Å². The van der Waals surface area contributed by atoms with Gasteiger partial charge in [0, 0.05) is 12.8 Å². The summed E-state index contributed by atoms with van der Waals surface area (Å²) in [5, 5.41) is 11.4. The molecule has 0 bridgehead atoms. The minimum Gasteiger partial charge on any atom is -0.478 e. The Balaban J connectivity index is 2.64. The highest BCUT2D eigenvalue weighted by Gasteiger charge is 2.38. The number of amides is 1. The van der Waals surface area contributed by atoms with Crippen LogP contribution in [0.3, 0.4) is 0 Å². The molecule has 116 valence electrons. The lowest BCUT2D eigenvalue weighted by Gasteiger charge is -2.21. The first-order chi connectivity index (χ1) is 9.55. The van der Waals surface area contributed by atoms with Gasteiger partial charge in [-0.2, -0.15) is 0 Å². The van der Waals surface area contributed by atoms with Crippen molar-refractivity contribution >= 4 is 21.7 Å². The Hall–Kier alpha value is -1.89. The number of nitrogens with one attached hydrogen (secondary N) is 1. The van der Waals surface area contributed by atoms with Crippen LogP contribution in [0.15, 0.2) is 24.3 Å². The topological polar surface area (TPSA) is 101 Å². The van der Waals surface area contributed by atoms with Crippen LogP contribution in [0.4, 0.5) is 0 Å². The van der Waals surface area contributed by atoms with Gasteiger partial charge in [0.25, 0.3) is 0 Å². The molecule has 0 heterocycles. The standard InChI is InChI=1S/C14H19NO5S/c1-14(2,21(3,19)20)13(18)15-8-7-10-5-4-6-11(9-10)12(16)17/h4-6,9H,7-8H2,1-3H3,(H,15,18)(H,16,17). The summed E-state index contributed by atoms with van der Waals surface area (Å²) in [6.45, 7) is 2.94. The Labute approximate surface area is 124 Å². The molecule has 1 aromatic carbocycles. The van der Waals surface area contributed by atoms with Crippen molar-refractivity contribution in [3.8, 4) is 0 Å². The maximum atomic E-state index is 11.9. The minimum atomic E-state index is -3.50. The molecule has 1 rings (SSSR count). The van der Waals surface area contributed by atoms with Crippen molar-refractivity contribution in [2.45, 2.75) is 25.0 Å². The number of aromatic carboxylic acids is 1. The first kappa shape index (κ1) is 17.2. The van der Waals surface area contributed by atoms with Crippen LogP contribution in [0.1, 0.15) is 29.8 Å². The molecule has 0 aromatic heterocycles. The summed E-state index contributed by atoms with van der Waals surface area (Å²) in [6, 6.07) is 6.38. The molecule has 1 aromatic rings. The van der Waals surface area contributed by atoms with Crippen molar-refractivity contribution in [2.24, 2.45) is 0 Å². The van der Waals surface area contributed by atoms with Gasteiger partial charge in [0.15, 0.2) is 9.84 Å². The van der Waals surface area contributed by atoms with Crippen molar-refractivity contribution in [1.82, 2.24) is 5.32 Å². The Bertz CT molecular complexity index is 649. The largest absolute Gasteiger partial charge is 0.478 e. The fourth-order valence-corrected chi connectivity index (χ4v) is 1.97. The molecule has 0 aliphatic carbocycles. The molecule has 21 heavy (non-hydrogen) atoms. The summed E-state index contributed by atoms with van der Waals surface area (Å²) in [5.41, 5.74) is 0.933. The lowest BCUT2D eigenvalue weighted by atomic mass is 10.1. The zero-order valence-corrected chi connectivity index (χ0v) is 13.0. The second-order valence-corrected chi connectivity index (χ2v) is 7.86. The zero-order chi connectivity index (χ0) is 16.3. The van der Waals surface area contributed by atoms with E-state index < -0.39 is 26.5 Å². The number of carboxylic acids is 1. The van der Waals surface area contributed by atoms with Crippen LogP contribution in [-0.4, -0.2) is 42.9 Å². The maximum Gasteiger partial charge on any atom is 0.335 e. The highest BCUT2D eigenvalue weighted by Crippen LogP contribution is 2.15. The third kappa shape index (κ3) is 4.29. The quantitative estimate of drug-likeness (QED) is 0.811. The van der Waals surface area contributed by atoms with Gasteiger partial charge in [-0.3, -0.25) is 4.79 Å². The second kappa shape index (κ2) is 6.26. The van der Waals surface area contributed by atoms with Crippen LogP contribution in [0.2, 0.25) is 0 Å². The highest BCUT2D eigenvalue weighted by atomic mass is 32.2. The van der Waals surface area contributed by atoms with E-state index >= 15 is 0 Å². The zero-order valence-electron chi connectivity index (χ0n) is 12.2. The molecule has 0 unspecified atom stereocenters. The van der Waals surface area contributed by atoms with E-state index in [4.69, 9.17) is 5.11 Å². The maximum absolute atomic E-state index is 11.9. The molecule has 0 aliphatic heterocycles. The van der Waals surface area contributed by atoms with Gasteiger partial charge in [0.2, 0.25) is 5.91 Å². The third-order valence-corrected chi connectivity index (χ3v) is 5.39. The van der Waals surface area contributed by atoms with E-state index in [1.165, 1.54) is 26.0 Å². The van der Waals surface area contributed by atoms with Crippen molar-refractivity contribution in [2.75, 3.05) is 12.8 Å². The number of rotatable bonds is 6. The molecular weight excluding hydrogens is 294 g/mol. The van der Waals surface area contributed by atoms with Crippen LogP contribution < -0.4 is 5.32 Å². The molecular formula is C14H19NO5S. The van der Waals surface area contributed by atoms with Crippen molar-refractivity contribution in [1.29, 1.82) is 0 Å². The van der Waals surface area contributed by atoms with Crippen LogP contribution in [-0.2, 0) is 21.1 Å². The SMILES string of the molecule is CC(C)(C(=O)NCCc1cccc(C(=O)O)c1)S(C)(=O)=O. The average molecular weight is 313 g/mol. The smallest absolute Gasteiger partial charge is 0.335 e. The number of carboxylic acid groups (broad SMARTS) is 1. The Kier molecular flexibility index (Phi) is 5.11. The normalized spacial score (nSPS) is 12.0. The van der Waals surface area contributed by atoms with Crippen LogP contribution >= 0.6 is 0 Å². The van der Waals surface area contributed by atoms with Gasteiger partial charge in [-0.05, 0) is 38.0 Å². The summed E-state index contributed by atoms with van der Waals surface area (Å²) in [6.07, 6.45) is 1.44. The van der Waals surface area contributed by atoms with Gasteiger partial charge in [0.1, 0.15) is 4.75 Å². The number of benzene rings is 1. The number of carbonyl (C=O) groups is 2. The molecule has 0 atom stereocenters. The summed E-state index contributed by atoms with van der Waals surface area (Å²) in [7, 11) is -3.50. The number of hydrogen-bond acceptors (Lipinski definition) is 4. The Morgan fingerprint density at radius 1 is 1.29 bits per heavy atom. The monoisotopic (exact) mass is 313 g/mol. The lowest BCUT2D eigenvalue weighted by Crippen LogP contribution is -2.48. The molecule has 0 spiro atoms. The average Bonchev–Trinajstić information content (AvgIpc) is 2.37. The van der Waals surface area contributed by atoms with Gasteiger partial charge < -0.3 is 10.4 Å². The molecule has 6 nitrogen and oxygen atoms in total. The number of hydrogen-bond donors (Lipinski definition) is 2. The van der Waals surface area contributed by atoms with Crippen molar-refractivity contribution < 1.29 is 23.1 Å². The summed E-state index contributed by atoms with van der Waals surface area (Å²) < 4.78 is 21.6. The predicted molar refractivity (Wildman–Crippen MR) is 79.0 cm³/mol. The van der Waals surface area contributed by atoms with Crippen LogP contribution in [0, 0.1) is 0 Å². The van der Waals surface area contributed by atoms with Gasteiger partial charge in [-0.1, -0.05) is 12.1 Å². The summed E-state index contributed by atoms with van der Waals surface area (Å²) >= 11 is 0. The van der Waals surface area contributed by atoms with E-state index in [1.54, 1.807) is 12.1 Å². The molecule has 2 N–H and O–H groups in total. The molecule has 0 saturated carbocycles. The van der Waals surface area contributed by atoms with Crippen molar-refractivity contribution in [3.05, 3.63) is 35.4 Å². The first-order valence-electron chi connectivity index (χ1n) is 6.36. The molecule has 0 saturated heterocycles. The Morgan fingerprint density at radius 3 is 2.43 bits per heavy atom. The van der Waals surface area contributed by atoms with Gasteiger partial charge in [-0.15, -0.1) is 0 Å². The van der Waals surface area contributed by atoms with Crippen LogP contribution in [0.25, 0.3) is 0 Å². The molecule has 0 radical (unpaired) electrons. The van der Waals surface area contributed by atoms with E-state index in [0.29, 0.717) is 6.42 Å². The molecule has 0 aliphatic rings. The summed E-state index contributed by atoms with van der Waals surface area (Å²) in [4.78, 5) is 22.7. The van der Waals surface area contributed by atoms with Gasteiger partial charge >= 0.3 is 5.97 Å². The van der Waals surface area contributed by atoms with Gasteiger partial charge in [-0.25, -0.2) is 13.2 Å². The highest BCUT2D eigenvalue weighted by molar-refractivity contribution is 7.92. The van der Waals surface area contributed by atoms with Gasteiger partial charge in [0.05, 0.1) is 5.56 Å². The third-order valence-electron chi connectivity index (χ3n) is 3.35. The summed E-state index contributed by atoms with van der Waals surface area (Å²) in [5.74, 6) is -1.58. The van der Waals surface area contributed by atoms with E-state index in [2.05, 4.69) is 5.32 Å². The first-order valence-corrected chi connectivity index (χ1v) is 8.25.